The molecule has 6 heteroatoms. The molecule has 0 aliphatic rings. The standard InChI is InChI=1S/C72H118O6/c1-4-7-10-13-16-19-22-25-28-31-32-33-34-35-36-37-38-39-40-42-44-47-50-53-56-59-62-65-71(74)77-68-69(67-76-70(73)64-61-58-55-52-49-46-43-30-27-24-21-18-15-12-9-6-3)78-72(75)66-63-60-57-54-51-48-45-41-29-26-23-20-17-14-11-8-5-2/h7-8,10-11,16-17,19-21,24-26,28-30,32-33,35-36,38-39,43,69H,4-6,9,12-15,18,22-23,27,31,34,37,40-42,44-68H2,1-3H3/b10-7-,11-8-,19-16-,20-17-,24-21-,28-25-,29-26-,33-32-,36-35-,39-38-,43-30-. The Balaban J connectivity index is 4.40. The lowest BCUT2D eigenvalue weighted by atomic mass is 10.1. The molecule has 1 atom stereocenters. The van der Waals surface area contributed by atoms with Gasteiger partial charge >= 0.3 is 17.9 Å². The molecule has 0 aromatic carbocycles. The molecule has 0 saturated heterocycles. The van der Waals surface area contributed by atoms with Crippen LogP contribution in [0.15, 0.2) is 134 Å². The van der Waals surface area contributed by atoms with Gasteiger partial charge in [0.25, 0.3) is 0 Å². The maximum atomic E-state index is 12.9. The maximum absolute atomic E-state index is 12.9. The summed E-state index contributed by atoms with van der Waals surface area (Å²) in [5.74, 6) is -0.923. The van der Waals surface area contributed by atoms with Gasteiger partial charge in [-0.15, -0.1) is 0 Å². The third-order valence-electron chi connectivity index (χ3n) is 13.4. The Morgan fingerprint density at radius 2 is 0.500 bits per heavy atom. The Morgan fingerprint density at radius 3 is 0.782 bits per heavy atom. The van der Waals surface area contributed by atoms with Crippen LogP contribution in [0.3, 0.4) is 0 Å². The number of allylic oxidation sites excluding steroid dienone is 22. The van der Waals surface area contributed by atoms with Crippen molar-refractivity contribution in [2.45, 2.75) is 290 Å². The van der Waals surface area contributed by atoms with Gasteiger partial charge in [0, 0.05) is 19.3 Å². The van der Waals surface area contributed by atoms with Gasteiger partial charge in [0.05, 0.1) is 0 Å². The van der Waals surface area contributed by atoms with Gasteiger partial charge in [0.2, 0.25) is 0 Å². The zero-order valence-electron chi connectivity index (χ0n) is 50.6. The van der Waals surface area contributed by atoms with E-state index in [1.807, 2.05) is 0 Å². The molecule has 0 bridgehead atoms. The summed E-state index contributed by atoms with van der Waals surface area (Å²) < 4.78 is 16.9. The van der Waals surface area contributed by atoms with E-state index in [0.29, 0.717) is 19.3 Å². The third kappa shape index (κ3) is 62.4. The van der Waals surface area contributed by atoms with Gasteiger partial charge in [-0.25, -0.2) is 0 Å². The summed E-state index contributed by atoms with van der Waals surface area (Å²) in [5.41, 5.74) is 0. The number of hydrogen-bond acceptors (Lipinski definition) is 6. The van der Waals surface area contributed by atoms with Crippen molar-refractivity contribution in [2.75, 3.05) is 13.2 Å². The fourth-order valence-corrected chi connectivity index (χ4v) is 8.61. The molecule has 0 aromatic heterocycles. The van der Waals surface area contributed by atoms with E-state index in [9.17, 15) is 14.4 Å². The molecule has 0 spiro atoms. The van der Waals surface area contributed by atoms with Crippen LogP contribution in [0.5, 0.6) is 0 Å². The molecule has 0 N–H and O–H groups in total. The smallest absolute Gasteiger partial charge is 0.306 e. The fourth-order valence-electron chi connectivity index (χ4n) is 8.61. The molecular weight excluding hydrogens is 961 g/mol. The van der Waals surface area contributed by atoms with E-state index in [-0.39, 0.29) is 31.1 Å². The van der Waals surface area contributed by atoms with Crippen molar-refractivity contribution in [2.24, 2.45) is 0 Å². The van der Waals surface area contributed by atoms with Crippen LogP contribution >= 0.6 is 0 Å². The summed E-state index contributed by atoms with van der Waals surface area (Å²) in [6.07, 6.45) is 91.6. The van der Waals surface area contributed by atoms with Gasteiger partial charge in [0.1, 0.15) is 13.2 Å². The van der Waals surface area contributed by atoms with Crippen molar-refractivity contribution >= 4 is 17.9 Å². The Bertz CT molecular complexity index is 1670. The van der Waals surface area contributed by atoms with E-state index < -0.39 is 6.10 Å². The fraction of sp³-hybridized carbons (Fsp3) is 0.653. The first-order valence-electron chi connectivity index (χ1n) is 32.2. The van der Waals surface area contributed by atoms with Crippen LogP contribution in [0.4, 0.5) is 0 Å². The highest BCUT2D eigenvalue weighted by Crippen LogP contribution is 2.15. The zero-order chi connectivity index (χ0) is 56.4. The molecule has 0 rings (SSSR count). The lowest BCUT2D eigenvalue weighted by Crippen LogP contribution is -2.30. The van der Waals surface area contributed by atoms with Crippen LogP contribution in [-0.2, 0) is 28.6 Å². The van der Waals surface area contributed by atoms with Gasteiger partial charge in [-0.3, -0.25) is 14.4 Å². The minimum atomic E-state index is -0.799. The number of esters is 3. The molecule has 0 aromatic rings. The van der Waals surface area contributed by atoms with Gasteiger partial charge in [0.15, 0.2) is 6.10 Å². The molecule has 0 radical (unpaired) electrons. The second-order valence-corrected chi connectivity index (χ2v) is 20.9. The number of hydrogen-bond donors (Lipinski definition) is 0. The second kappa shape index (κ2) is 65.1. The molecule has 1 unspecified atom stereocenters. The summed E-state index contributed by atoms with van der Waals surface area (Å²) in [5, 5.41) is 0. The lowest BCUT2D eigenvalue weighted by molar-refractivity contribution is -0.167. The molecule has 78 heavy (non-hydrogen) atoms. The molecule has 442 valence electrons. The van der Waals surface area contributed by atoms with E-state index in [0.717, 1.165) is 154 Å². The topological polar surface area (TPSA) is 78.9 Å². The van der Waals surface area contributed by atoms with E-state index >= 15 is 0 Å². The summed E-state index contributed by atoms with van der Waals surface area (Å²) in [6.45, 7) is 6.38. The van der Waals surface area contributed by atoms with Crippen LogP contribution in [-0.4, -0.2) is 37.2 Å². The van der Waals surface area contributed by atoms with Crippen molar-refractivity contribution in [1.82, 2.24) is 0 Å². The minimum absolute atomic E-state index is 0.0945. The first-order chi connectivity index (χ1) is 38.5. The van der Waals surface area contributed by atoms with Crippen molar-refractivity contribution in [3.63, 3.8) is 0 Å². The number of rotatable bonds is 57. The SMILES string of the molecule is CC/C=C\C/C=C\C/C=C\C/C=C\C/C=C\C/C=C\CCCCCCCCCCC(=O)OCC(COC(=O)CCCCCCC/C=C\C/C=C\CCCCCC)OC(=O)CCCCCCCCC/C=C\C/C=C\C/C=C\CC. The third-order valence-corrected chi connectivity index (χ3v) is 13.4. The van der Waals surface area contributed by atoms with Crippen molar-refractivity contribution < 1.29 is 28.6 Å². The van der Waals surface area contributed by atoms with E-state index in [4.69, 9.17) is 14.2 Å². The van der Waals surface area contributed by atoms with Crippen LogP contribution in [0.2, 0.25) is 0 Å². The largest absolute Gasteiger partial charge is 0.462 e. The van der Waals surface area contributed by atoms with Crippen molar-refractivity contribution in [3.8, 4) is 0 Å². The molecule has 0 fully saturated rings. The van der Waals surface area contributed by atoms with Gasteiger partial charge in [-0.05, 0) is 135 Å². The van der Waals surface area contributed by atoms with Gasteiger partial charge in [-0.1, -0.05) is 264 Å². The predicted octanol–water partition coefficient (Wildman–Crippen LogP) is 22.2. The minimum Gasteiger partial charge on any atom is -0.462 e. The number of carbonyl (C=O) groups is 3. The molecule has 0 heterocycles. The molecule has 0 aliphatic heterocycles. The highest BCUT2D eigenvalue weighted by atomic mass is 16.6. The van der Waals surface area contributed by atoms with Gasteiger partial charge in [-0.2, -0.15) is 0 Å². The monoisotopic (exact) mass is 1080 g/mol. The molecule has 6 nitrogen and oxygen atoms in total. The number of ether oxygens (including phenoxy) is 3. The van der Waals surface area contributed by atoms with Gasteiger partial charge < -0.3 is 14.2 Å². The summed E-state index contributed by atoms with van der Waals surface area (Å²) >= 11 is 0. The summed E-state index contributed by atoms with van der Waals surface area (Å²) in [6, 6.07) is 0. The van der Waals surface area contributed by atoms with E-state index in [1.54, 1.807) is 0 Å². The molecule has 0 aliphatic carbocycles. The van der Waals surface area contributed by atoms with E-state index in [2.05, 4.69) is 154 Å². The first-order valence-corrected chi connectivity index (χ1v) is 32.2. The molecule has 0 saturated carbocycles. The quantitative estimate of drug-likeness (QED) is 0.0261. The molecule has 0 amide bonds. The lowest BCUT2D eigenvalue weighted by Gasteiger charge is -2.18. The van der Waals surface area contributed by atoms with Crippen LogP contribution in [0.25, 0.3) is 0 Å². The van der Waals surface area contributed by atoms with Crippen LogP contribution in [0.1, 0.15) is 284 Å². The highest BCUT2D eigenvalue weighted by Gasteiger charge is 2.19. The van der Waals surface area contributed by atoms with E-state index in [1.165, 1.54) is 89.9 Å². The average Bonchev–Trinajstić information content (AvgIpc) is 3.44. The predicted molar refractivity (Wildman–Crippen MR) is 339 cm³/mol. The zero-order valence-corrected chi connectivity index (χ0v) is 50.6. The van der Waals surface area contributed by atoms with Crippen molar-refractivity contribution in [3.05, 3.63) is 134 Å². The first kappa shape index (κ1) is 73.5. The molecular formula is C72H118O6. The Morgan fingerprint density at radius 1 is 0.269 bits per heavy atom. The van der Waals surface area contributed by atoms with Crippen molar-refractivity contribution in [1.29, 1.82) is 0 Å². The summed E-state index contributed by atoms with van der Waals surface area (Å²) in [4.78, 5) is 38.3. The number of unbranched alkanes of at least 4 members (excludes halogenated alkanes) is 24. The summed E-state index contributed by atoms with van der Waals surface area (Å²) in [7, 11) is 0. The normalized spacial score (nSPS) is 13.0. The Labute approximate surface area is 481 Å². The van der Waals surface area contributed by atoms with Crippen LogP contribution < -0.4 is 0 Å². The average molecular weight is 1080 g/mol. The Kier molecular flexibility index (Phi) is 61.4. The maximum Gasteiger partial charge on any atom is 0.306 e. The second-order valence-electron chi connectivity index (χ2n) is 20.9. The van der Waals surface area contributed by atoms with Crippen LogP contribution in [0, 0.1) is 0 Å². The Hall–Kier alpha value is -4.45. The highest BCUT2D eigenvalue weighted by molar-refractivity contribution is 5.71. The number of carbonyl (C=O) groups excluding carboxylic acids is 3.